The molecule has 0 bridgehead atoms. The lowest BCUT2D eigenvalue weighted by Crippen LogP contribution is -2.38. The predicted molar refractivity (Wildman–Crippen MR) is 99.9 cm³/mol. The van der Waals surface area contributed by atoms with Gasteiger partial charge in [-0.15, -0.1) is 0 Å². The number of hydrogen-bond acceptors (Lipinski definition) is 7. The second kappa shape index (κ2) is 6.94. The third-order valence-corrected chi connectivity index (χ3v) is 5.36. The van der Waals surface area contributed by atoms with E-state index < -0.39 is 12.0 Å². The number of nitrogens with two attached hydrogens (primary N) is 1. The Balaban J connectivity index is 2.18. The molecule has 1 atom stereocenters. The molecule has 0 saturated heterocycles. The van der Waals surface area contributed by atoms with Crippen LogP contribution in [-0.4, -0.2) is 22.6 Å². The predicted octanol–water partition coefficient (Wildman–Crippen LogP) is 3.40. The van der Waals surface area contributed by atoms with E-state index in [-0.39, 0.29) is 6.61 Å². The maximum Gasteiger partial charge on any atom is 0.338 e. The van der Waals surface area contributed by atoms with E-state index in [0.29, 0.717) is 27.2 Å². The fourth-order valence-electron chi connectivity index (χ4n) is 2.77. The van der Waals surface area contributed by atoms with Crippen molar-refractivity contribution >= 4 is 38.8 Å². The summed E-state index contributed by atoms with van der Waals surface area (Å²) in [5, 5.41) is 9.89. The number of halogens is 1. The van der Waals surface area contributed by atoms with Gasteiger partial charge in [0.2, 0.25) is 0 Å². The molecule has 128 valence electrons. The standard InChI is InChI=1S/C17H15BrN4O2S/c1-3-24-16(23)13-9(2)21-17-22(15(20)12(8-19)25-17)14(13)10-4-6-11(18)7-5-10/h4-7,14H,3,20H2,1-2H3/t14-/m1/s1. The van der Waals surface area contributed by atoms with Crippen molar-refractivity contribution in [2.45, 2.75) is 19.9 Å². The van der Waals surface area contributed by atoms with Crippen LogP contribution in [0.4, 0.5) is 0 Å². The zero-order chi connectivity index (χ0) is 18.1. The van der Waals surface area contributed by atoms with Crippen molar-refractivity contribution in [1.29, 1.82) is 5.26 Å². The first kappa shape index (κ1) is 17.6. The van der Waals surface area contributed by atoms with Crippen LogP contribution < -0.4 is 5.73 Å². The van der Waals surface area contributed by atoms with Gasteiger partial charge in [0.15, 0.2) is 5.17 Å². The number of ether oxygens (including phenoxy) is 1. The number of aliphatic imine (C=N–C) groups is 1. The minimum atomic E-state index is -0.488. The van der Waals surface area contributed by atoms with Crippen molar-refractivity contribution in [1.82, 2.24) is 4.90 Å². The highest BCUT2D eigenvalue weighted by molar-refractivity contribution is 9.10. The van der Waals surface area contributed by atoms with Crippen LogP contribution >= 0.6 is 27.7 Å². The molecule has 2 heterocycles. The zero-order valence-corrected chi connectivity index (χ0v) is 16.0. The first-order valence-corrected chi connectivity index (χ1v) is 9.17. The molecule has 1 aromatic rings. The van der Waals surface area contributed by atoms with Crippen LogP contribution in [0, 0.1) is 11.3 Å². The number of carbonyl (C=O) groups is 1. The summed E-state index contributed by atoms with van der Waals surface area (Å²) in [5.41, 5.74) is 8.04. The minimum Gasteiger partial charge on any atom is -0.463 e. The lowest BCUT2D eigenvalue weighted by atomic mass is 9.94. The second-order valence-corrected chi connectivity index (χ2v) is 7.26. The number of nitriles is 1. The Morgan fingerprint density at radius 2 is 2.16 bits per heavy atom. The Kier molecular flexibility index (Phi) is 4.88. The Bertz CT molecular complexity index is 868. The van der Waals surface area contributed by atoms with Crippen molar-refractivity contribution in [3.8, 4) is 6.07 Å². The average Bonchev–Trinajstić information content (AvgIpc) is 2.90. The number of esters is 1. The smallest absolute Gasteiger partial charge is 0.338 e. The largest absolute Gasteiger partial charge is 0.463 e. The Morgan fingerprint density at radius 3 is 2.76 bits per heavy atom. The van der Waals surface area contributed by atoms with Gasteiger partial charge in [0.1, 0.15) is 16.8 Å². The molecule has 1 aromatic carbocycles. The number of fused-ring (bicyclic) bond motifs is 1. The van der Waals surface area contributed by atoms with Crippen LogP contribution in [0.5, 0.6) is 0 Å². The molecule has 2 aliphatic rings. The van der Waals surface area contributed by atoms with Crippen molar-refractivity contribution in [3.63, 3.8) is 0 Å². The molecule has 0 saturated carbocycles. The summed E-state index contributed by atoms with van der Waals surface area (Å²) in [6.07, 6.45) is 0. The molecule has 2 N–H and O–H groups in total. The van der Waals surface area contributed by atoms with E-state index in [1.165, 1.54) is 11.8 Å². The normalized spacial score (nSPS) is 19.5. The fourth-order valence-corrected chi connectivity index (χ4v) is 3.95. The van der Waals surface area contributed by atoms with E-state index in [2.05, 4.69) is 27.0 Å². The second-order valence-electron chi connectivity index (χ2n) is 5.37. The molecule has 0 radical (unpaired) electrons. The molecular formula is C17H15BrN4O2S. The van der Waals surface area contributed by atoms with Gasteiger partial charge < -0.3 is 10.5 Å². The van der Waals surface area contributed by atoms with Crippen LogP contribution in [0.15, 0.2) is 55.7 Å². The number of rotatable bonds is 3. The van der Waals surface area contributed by atoms with Gasteiger partial charge in [-0.05, 0) is 43.3 Å². The van der Waals surface area contributed by atoms with E-state index in [9.17, 15) is 10.1 Å². The number of hydrogen-bond donors (Lipinski definition) is 1. The molecule has 0 aromatic heterocycles. The van der Waals surface area contributed by atoms with Gasteiger partial charge in [-0.1, -0.05) is 28.1 Å². The van der Waals surface area contributed by atoms with Gasteiger partial charge in [-0.2, -0.15) is 5.26 Å². The summed E-state index contributed by atoms with van der Waals surface area (Å²) in [6, 6.07) is 9.21. The highest BCUT2D eigenvalue weighted by atomic mass is 79.9. The van der Waals surface area contributed by atoms with E-state index >= 15 is 0 Å². The lowest BCUT2D eigenvalue weighted by Gasteiger charge is -2.34. The first-order valence-electron chi connectivity index (χ1n) is 7.56. The van der Waals surface area contributed by atoms with E-state index in [1.54, 1.807) is 18.7 Å². The number of thioether (sulfide) groups is 1. The van der Waals surface area contributed by atoms with E-state index in [4.69, 9.17) is 10.5 Å². The van der Waals surface area contributed by atoms with Crippen molar-refractivity contribution in [3.05, 3.63) is 56.3 Å². The first-order chi connectivity index (χ1) is 12.0. The van der Waals surface area contributed by atoms with E-state index in [1.807, 2.05) is 24.3 Å². The van der Waals surface area contributed by atoms with E-state index in [0.717, 1.165) is 10.0 Å². The third kappa shape index (κ3) is 3.05. The van der Waals surface area contributed by atoms with Crippen molar-refractivity contribution in [2.75, 3.05) is 6.61 Å². The maximum atomic E-state index is 12.6. The van der Waals surface area contributed by atoms with Crippen LogP contribution in [0.25, 0.3) is 0 Å². The Hall–Kier alpha value is -2.24. The number of allylic oxidation sites excluding steroid dienone is 2. The van der Waals surface area contributed by atoms with Gasteiger partial charge >= 0.3 is 5.97 Å². The molecule has 2 aliphatic heterocycles. The maximum absolute atomic E-state index is 12.6. The van der Waals surface area contributed by atoms with Crippen LogP contribution in [-0.2, 0) is 9.53 Å². The highest BCUT2D eigenvalue weighted by Crippen LogP contribution is 2.45. The summed E-state index contributed by atoms with van der Waals surface area (Å²) in [7, 11) is 0. The Labute approximate surface area is 158 Å². The Morgan fingerprint density at radius 1 is 1.48 bits per heavy atom. The third-order valence-electron chi connectivity index (χ3n) is 3.86. The van der Waals surface area contributed by atoms with Gasteiger partial charge in [0.25, 0.3) is 0 Å². The summed E-state index contributed by atoms with van der Waals surface area (Å²) >= 11 is 4.63. The zero-order valence-electron chi connectivity index (χ0n) is 13.6. The number of amidine groups is 1. The summed E-state index contributed by atoms with van der Waals surface area (Å²) < 4.78 is 6.16. The van der Waals surface area contributed by atoms with Crippen LogP contribution in [0.1, 0.15) is 25.5 Å². The summed E-state index contributed by atoms with van der Waals surface area (Å²) in [4.78, 5) is 19.2. The molecule has 0 amide bonds. The minimum absolute atomic E-state index is 0.267. The van der Waals surface area contributed by atoms with Crippen LogP contribution in [0.3, 0.4) is 0 Å². The highest BCUT2D eigenvalue weighted by Gasteiger charge is 2.42. The molecule has 0 aliphatic carbocycles. The van der Waals surface area contributed by atoms with Gasteiger partial charge in [-0.3, -0.25) is 4.90 Å². The fraction of sp³-hybridized carbons (Fsp3) is 0.235. The molecule has 8 heteroatoms. The summed E-state index contributed by atoms with van der Waals surface area (Å²) in [5.74, 6) is -0.132. The SMILES string of the molecule is CCOC(=O)C1=C(C)N=C2SC(C#N)=C(N)N2[C@@H]1c1ccc(Br)cc1. The van der Waals surface area contributed by atoms with Gasteiger partial charge in [-0.25, -0.2) is 9.79 Å². The lowest BCUT2D eigenvalue weighted by molar-refractivity contribution is -0.139. The van der Waals surface area contributed by atoms with Crippen LogP contribution in [0.2, 0.25) is 0 Å². The molecule has 25 heavy (non-hydrogen) atoms. The monoisotopic (exact) mass is 418 g/mol. The van der Waals surface area contributed by atoms with Crippen molar-refractivity contribution < 1.29 is 9.53 Å². The molecular weight excluding hydrogens is 404 g/mol. The topological polar surface area (TPSA) is 91.7 Å². The summed E-state index contributed by atoms with van der Waals surface area (Å²) in [6.45, 7) is 3.79. The van der Waals surface area contributed by atoms with Gasteiger partial charge in [0.05, 0.1) is 23.9 Å². The number of carbonyl (C=O) groups excluding carboxylic acids is 1. The molecule has 6 nitrogen and oxygen atoms in total. The van der Waals surface area contributed by atoms with Gasteiger partial charge in [0, 0.05) is 4.47 Å². The van der Waals surface area contributed by atoms with Crippen molar-refractivity contribution in [2.24, 2.45) is 10.7 Å². The quantitative estimate of drug-likeness (QED) is 0.756. The molecule has 0 unspecified atom stereocenters. The molecule has 3 rings (SSSR count). The average molecular weight is 419 g/mol. The number of nitrogens with zero attached hydrogens (tertiary/aromatic N) is 3. The molecule has 0 fully saturated rings. The molecule has 0 spiro atoms. The number of benzene rings is 1.